The van der Waals surface area contributed by atoms with Crippen molar-refractivity contribution in [2.75, 3.05) is 12.8 Å². The molecule has 0 aliphatic heterocycles. The van der Waals surface area contributed by atoms with Crippen molar-refractivity contribution in [1.29, 1.82) is 0 Å². The van der Waals surface area contributed by atoms with Crippen LogP contribution in [0.25, 0.3) is 0 Å². The molecule has 2 rings (SSSR count). The van der Waals surface area contributed by atoms with Gasteiger partial charge in [-0.25, -0.2) is 0 Å². The molecule has 0 radical (unpaired) electrons. The first-order chi connectivity index (χ1) is 7.28. The molecule has 1 aliphatic rings. The van der Waals surface area contributed by atoms with Gasteiger partial charge in [0.15, 0.2) is 0 Å². The molecule has 1 aromatic rings. The van der Waals surface area contributed by atoms with Gasteiger partial charge in [0.25, 0.3) is 0 Å². The normalized spacial score (nSPS) is 18.5. The number of nitrogens with two attached hydrogens (primary N) is 1. The average Bonchev–Trinajstić information content (AvgIpc) is 2.24. The minimum absolute atomic E-state index is 0.431. The second-order valence-corrected chi connectivity index (χ2v) is 5.46. The lowest BCUT2D eigenvalue weighted by Gasteiger charge is -2.41. The molecule has 0 aromatic heterocycles. The summed E-state index contributed by atoms with van der Waals surface area (Å²) in [6.45, 7) is 0.845. The van der Waals surface area contributed by atoms with Crippen LogP contribution in [-0.4, -0.2) is 12.8 Å². The third-order valence-electron chi connectivity index (χ3n) is 3.59. The topological polar surface area (TPSA) is 26.0 Å². The molecule has 0 unspecified atom stereocenters. The van der Waals surface area contributed by atoms with Crippen molar-refractivity contribution < 1.29 is 0 Å². The van der Waals surface area contributed by atoms with E-state index < -0.39 is 0 Å². The Bertz CT molecular complexity index is 308. The van der Waals surface area contributed by atoms with E-state index in [1.165, 1.54) is 29.7 Å². The summed E-state index contributed by atoms with van der Waals surface area (Å²) in [4.78, 5) is 1.34. The Balaban J connectivity index is 2.03. The first-order valence-corrected chi connectivity index (χ1v) is 6.83. The van der Waals surface area contributed by atoms with Gasteiger partial charge in [0.1, 0.15) is 0 Å². The summed E-state index contributed by atoms with van der Waals surface area (Å²) in [6.07, 6.45) is 7.27. The van der Waals surface area contributed by atoms with Gasteiger partial charge in [-0.2, -0.15) is 0 Å². The Kier molecular flexibility index (Phi) is 3.37. The number of benzene rings is 1. The van der Waals surface area contributed by atoms with Crippen molar-refractivity contribution in [3.05, 3.63) is 29.8 Å². The molecular formula is C13H19NS. The summed E-state index contributed by atoms with van der Waals surface area (Å²) in [6, 6.07) is 8.93. The van der Waals surface area contributed by atoms with Gasteiger partial charge >= 0.3 is 0 Å². The molecule has 0 amide bonds. The zero-order valence-corrected chi connectivity index (χ0v) is 10.1. The maximum Gasteiger partial charge on any atom is 0.00693 e. The highest BCUT2D eigenvalue weighted by molar-refractivity contribution is 7.98. The lowest BCUT2D eigenvalue weighted by molar-refractivity contribution is 0.145. The van der Waals surface area contributed by atoms with Crippen LogP contribution >= 0.6 is 11.8 Å². The Morgan fingerprint density at radius 2 is 1.93 bits per heavy atom. The summed E-state index contributed by atoms with van der Waals surface area (Å²) in [5, 5.41) is 0. The standard InChI is InChI=1S/C13H19NS/c1-15-12-5-3-11(4-6-12)9-13(10-14)7-2-8-13/h3-6H,2,7-10,14H2,1H3. The minimum atomic E-state index is 0.431. The van der Waals surface area contributed by atoms with Crippen LogP contribution in [0.3, 0.4) is 0 Å². The van der Waals surface area contributed by atoms with Crippen LogP contribution in [0.15, 0.2) is 29.2 Å². The lowest BCUT2D eigenvalue weighted by atomic mass is 9.65. The fourth-order valence-electron chi connectivity index (χ4n) is 2.31. The molecule has 0 atom stereocenters. The fourth-order valence-corrected chi connectivity index (χ4v) is 2.71. The summed E-state index contributed by atoms with van der Waals surface area (Å²) in [5.74, 6) is 0. The van der Waals surface area contributed by atoms with Crippen molar-refractivity contribution in [3.63, 3.8) is 0 Å². The second kappa shape index (κ2) is 4.58. The van der Waals surface area contributed by atoms with Crippen molar-refractivity contribution in [2.45, 2.75) is 30.6 Å². The van der Waals surface area contributed by atoms with E-state index in [4.69, 9.17) is 5.73 Å². The predicted octanol–water partition coefficient (Wildman–Crippen LogP) is 3.08. The SMILES string of the molecule is CSc1ccc(CC2(CN)CCC2)cc1. The molecule has 0 heterocycles. The highest BCUT2D eigenvalue weighted by Gasteiger charge is 2.35. The Morgan fingerprint density at radius 1 is 1.27 bits per heavy atom. The Labute approximate surface area is 96.4 Å². The Hall–Kier alpha value is -0.470. The maximum absolute atomic E-state index is 5.87. The van der Waals surface area contributed by atoms with Crippen LogP contribution in [0.2, 0.25) is 0 Å². The van der Waals surface area contributed by atoms with Gasteiger partial charge in [-0.15, -0.1) is 11.8 Å². The molecule has 0 spiro atoms. The molecular weight excluding hydrogens is 202 g/mol. The molecule has 1 aromatic carbocycles. The Morgan fingerprint density at radius 3 is 2.33 bits per heavy atom. The van der Waals surface area contributed by atoms with Gasteiger partial charge in [0.2, 0.25) is 0 Å². The molecule has 1 fully saturated rings. The average molecular weight is 221 g/mol. The van der Waals surface area contributed by atoms with E-state index in [2.05, 4.69) is 30.5 Å². The number of hydrogen-bond acceptors (Lipinski definition) is 2. The van der Waals surface area contributed by atoms with Crippen molar-refractivity contribution in [2.24, 2.45) is 11.1 Å². The zero-order chi connectivity index (χ0) is 10.7. The van der Waals surface area contributed by atoms with Gasteiger partial charge in [0.05, 0.1) is 0 Å². The van der Waals surface area contributed by atoms with Crippen molar-refractivity contribution in [1.82, 2.24) is 0 Å². The summed E-state index contributed by atoms with van der Waals surface area (Å²) < 4.78 is 0. The number of thioether (sulfide) groups is 1. The van der Waals surface area contributed by atoms with Gasteiger partial charge in [-0.05, 0) is 55.2 Å². The zero-order valence-electron chi connectivity index (χ0n) is 9.33. The predicted molar refractivity (Wildman–Crippen MR) is 67.3 cm³/mol. The smallest absolute Gasteiger partial charge is 0.00693 e. The largest absolute Gasteiger partial charge is 0.330 e. The minimum Gasteiger partial charge on any atom is -0.330 e. The highest BCUT2D eigenvalue weighted by Crippen LogP contribution is 2.42. The first-order valence-electron chi connectivity index (χ1n) is 5.61. The van der Waals surface area contributed by atoms with Gasteiger partial charge in [-0.3, -0.25) is 0 Å². The number of hydrogen-bond donors (Lipinski definition) is 1. The third kappa shape index (κ3) is 2.37. The van der Waals surface area contributed by atoms with E-state index in [0.29, 0.717) is 5.41 Å². The molecule has 1 aliphatic carbocycles. The fraction of sp³-hybridized carbons (Fsp3) is 0.538. The van der Waals surface area contributed by atoms with Crippen LogP contribution in [0.4, 0.5) is 0 Å². The first kappa shape index (κ1) is 11.0. The van der Waals surface area contributed by atoms with Crippen LogP contribution in [0.5, 0.6) is 0 Å². The quantitative estimate of drug-likeness (QED) is 0.791. The van der Waals surface area contributed by atoms with Crippen molar-refractivity contribution >= 4 is 11.8 Å². The van der Waals surface area contributed by atoms with Crippen LogP contribution < -0.4 is 5.73 Å². The molecule has 82 valence electrons. The molecule has 1 saturated carbocycles. The van der Waals surface area contributed by atoms with Crippen LogP contribution in [0.1, 0.15) is 24.8 Å². The van der Waals surface area contributed by atoms with Crippen LogP contribution in [-0.2, 0) is 6.42 Å². The molecule has 2 heteroatoms. The summed E-state index contributed by atoms with van der Waals surface area (Å²) in [5.41, 5.74) is 7.74. The third-order valence-corrected chi connectivity index (χ3v) is 4.33. The van der Waals surface area contributed by atoms with E-state index >= 15 is 0 Å². The van der Waals surface area contributed by atoms with E-state index in [9.17, 15) is 0 Å². The van der Waals surface area contributed by atoms with Gasteiger partial charge < -0.3 is 5.73 Å². The molecule has 2 N–H and O–H groups in total. The molecule has 15 heavy (non-hydrogen) atoms. The second-order valence-electron chi connectivity index (χ2n) is 4.58. The van der Waals surface area contributed by atoms with E-state index in [-0.39, 0.29) is 0 Å². The maximum atomic E-state index is 5.87. The summed E-state index contributed by atoms with van der Waals surface area (Å²) in [7, 11) is 0. The van der Waals surface area contributed by atoms with Crippen molar-refractivity contribution in [3.8, 4) is 0 Å². The van der Waals surface area contributed by atoms with E-state index in [1.54, 1.807) is 11.8 Å². The summed E-state index contributed by atoms with van der Waals surface area (Å²) >= 11 is 1.80. The number of rotatable bonds is 4. The molecule has 1 nitrogen and oxygen atoms in total. The lowest BCUT2D eigenvalue weighted by Crippen LogP contribution is -2.39. The molecule has 0 saturated heterocycles. The highest BCUT2D eigenvalue weighted by atomic mass is 32.2. The van der Waals surface area contributed by atoms with Gasteiger partial charge in [-0.1, -0.05) is 18.6 Å². The monoisotopic (exact) mass is 221 g/mol. The van der Waals surface area contributed by atoms with E-state index in [1.807, 2.05) is 0 Å². The van der Waals surface area contributed by atoms with E-state index in [0.717, 1.165) is 13.0 Å². The van der Waals surface area contributed by atoms with Crippen LogP contribution in [0, 0.1) is 5.41 Å². The van der Waals surface area contributed by atoms with Gasteiger partial charge in [0, 0.05) is 4.90 Å². The molecule has 0 bridgehead atoms.